The number of unbranched alkanes of at least 4 members (excludes halogenated alkanes) is 1. The number of aromatic nitrogens is 6. The number of imidazole rings is 1. The van der Waals surface area contributed by atoms with Crippen LogP contribution in [0.5, 0.6) is 0 Å². The number of hydrogen-bond donors (Lipinski definition) is 21. The number of nitrogens with zero attached hydrogens (tertiary/aromatic N) is 6. The lowest BCUT2D eigenvalue weighted by molar-refractivity contribution is -0.383. The third-order valence-electron chi connectivity index (χ3n) is 22.0. The van der Waals surface area contributed by atoms with Crippen molar-refractivity contribution >= 4 is 139 Å². The smallest absolute Gasteiger partial charge is 0.328 e. The summed E-state index contributed by atoms with van der Waals surface area (Å²) in [7, 11) is 0. The topological polar surface area (TPSA) is 697 Å². The van der Waals surface area contributed by atoms with Gasteiger partial charge in [0.1, 0.15) is 66.5 Å². The van der Waals surface area contributed by atoms with Gasteiger partial charge in [-0.05, 0) is 129 Å². The zero-order chi connectivity index (χ0) is 93.0. The zero-order valence-corrected chi connectivity index (χ0v) is 71.7. The van der Waals surface area contributed by atoms with Gasteiger partial charge in [-0.3, -0.25) is 82.6 Å². The summed E-state index contributed by atoms with van der Waals surface area (Å²) in [6.07, 6.45) is 5.87. The first-order chi connectivity index (χ1) is 61.1. The quantitative estimate of drug-likeness (QED) is 0.00708. The predicted molar refractivity (Wildman–Crippen MR) is 463 cm³/mol. The van der Waals surface area contributed by atoms with Crippen molar-refractivity contribution in [2.75, 3.05) is 38.0 Å². The maximum absolute atomic E-state index is 15.1. The molecule has 3 aromatic carbocycles. The molecule has 12 atom stereocenters. The second kappa shape index (κ2) is 46.7. The van der Waals surface area contributed by atoms with Crippen LogP contribution in [-0.4, -0.2) is 250 Å². The van der Waals surface area contributed by atoms with Gasteiger partial charge in [0.25, 0.3) is 0 Å². The van der Waals surface area contributed by atoms with Crippen LogP contribution in [0.1, 0.15) is 148 Å². The van der Waals surface area contributed by atoms with E-state index in [9.17, 15) is 82.3 Å². The number of non-ortho nitro benzene ring substituents is 1. The van der Waals surface area contributed by atoms with Crippen molar-refractivity contribution in [1.82, 2.24) is 98.5 Å². The van der Waals surface area contributed by atoms with E-state index in [4.69, 9.17) is 28.3 Å². The van der Waals surface area contributed by atoms with E-state index in [0.717, 1.165) is 27.4 Å². The van der Waals surface area contributed by atoms with Crippen LogP contribution >= 0.6 is 0 Å². The number of aliphatic carboxylic acids is 1. The number of hydrogen-bond acceptors (Lipinski definition) is 24. The molecule has 45 nitrogen and oxygen atoms in total. The van der Waals surface area contributed by atoms with Crippen LogP contribution in [0.15, 0.2) is 90.2 Å². The first-order valence-corrected chi connectivity index (χ1v) is 42.5. The Morgan fingerprint density at radius 3 is 1.59 bits per heavy atom. The molecule has 690 valence electrons. The van der Waals surface area contributed by atoms with Gasteiger partial charge < -0.3 is 117 Å². The summed E-state index contributed by atoms with van der Waals surface area (Å²) in [4.78, 5) is 238. The third kappa shape index (κ3) is 27.7. The first-order valence-electron chi connectivity index (χ1n) is 42.5. The molecule has 128 heavy (non-hydrogen) atoms. The number of carboxylic acid groups (broad SMARTS) is 1. The average Bonchev–Trinajstić information content (AvgIpc) is 1.64. The first kappa shape index (κ1) is 97.6. The summed E-state index contributed by atoms with van der Waals surface area (Å²) in [6.45, 7) is 7.53. The Kier molecular flexibility index (Phi) is 35.6. The Balaban J connectivity index is 0.851. The number of para-hydroxylation sites is 2. The van der Waals surface area contributed by atoms with E-state index >= 15 is 4.79 Å². The number of carbonyl (C=O) groups excluding carboxylic acids is 14. The number of nitro benzene ring substituents is 1. The summed E-state index contributed by atoms with van der Waals surface area (Å²) < 4.78 is 4.68. The normalized spacial score (nSPS) is 16.1. The largest absolute Gasteiger partial charge is 0.480 e. The number of nitro groups is 1. The van der Waals surface area contributed by atoms with Crippen molar-refractivity contribution in [3.63, 3.8) is 0 Å². The van der Waals surface area contributed by atoms with E-state index in [1.54, 1.807) is 52.2 Å². The molecule has 0 saturated carbocycles. The highest BCUT2D eigenvalue weighted by molar-refractivity contribution is 6.01. The number of carboxylic acids is 1. The van der Waals surface area contributed by atoms with Crippen molar-refractivity contribution in [3.05, 3.63) is 113 Å². The fraction of sp³-hybridized carbons (Fsp3) is 0.506. The summed E-state index contributed by atoms with van der Waals surface area (Å²) in [5, 5.41) is 70.2. The molecule has 9 rings (SSSR count). The molecule has 0 unspecified atom stereocenters. The molecule has 2 fully saturated rings. The average molecular weight is 1780 g/mol. The maximum atomic E-state index is 15.1. The molecule has 4 aromatic heterocycles. The number of nitrogens with one attached hydrogen (secondary N) is 16. The van der Waals surface area contributed by atoms with Crippen molar-refractivity contribution in [2.45, 2.75) is 223 Å². The Bertz CT molecular complexity index is 5140. The molecule has 0 radical (unpaired) electrons. The van der Waals surface area contributed by atoms with Crippen LogP contribution in [-0.2, 0) is 91.2 Å². The molecule has 0 aliphatic carbocycles. The number of guanidine groups is 1. The highest BCUT2D eigenvalue weighted by atomic mass is 16.6. The Morgan fingerprint density at radius 1 is 0.562 bits per heavy atom. The minimum atomic E-state index is -1.64. The number of rotatable bonds is 50. The number of H-pyrrole nitrogens is 3. The minimum Gasteiger partial charge on any atom is -0.480 e. The minimum absolute atomic E-state index is 0.0254. The number of primary amides is 2. The molecule has 2 aliphatic rings. The lowest BCUT2D eigenvalue weighted by Gasteiger charge is -2.31. The van der Waals surface area contributed by atoms with Gasteiger partial charge in [-0.25, -0.2) is 14.4 Å². The number of amides is 14. The molecule has 25 N–H and O–H groups in total. The lowest BCUT2D eigenvalue weighted by Crippen LogP contribution is -2.61. The van der Waals surface area contributed by atoms with Gasteiger partial charge >= 0.3 is 11.7 Å². The van der Waals surface area contributed by atoms with Gasteiger partial charge in [-0.1, -0.05) is 83.9 Å². The highest BCUT2D eigenvalue weighted by Crippen LogP contribution is 2.30. The summed E-state index contributed by atoms with van der Waals surface area (Å²) in [5.41, 5.74) is 25.9. The number of nitrogens with two attached hydrogens (primary N) is 4. The highest BCUT2D eigenvalue weighted by Gasteiger charge is 2.43. The second-order valence-electron chi connectivity index (χ2n) is 32.7. The van der Waals surface area contributed by atoms with Gasteiger partial charge in [0, 0.05) is 98.3 Å². The SMILES string of the molecule is CCCC[C@H](NC(=O)[C@@H]1CCCN1C(=O)[C@H](CCC(N)=O)NC(=O)CNC(=O)[C@@H]1CCCN1C(=O)[C@H](CCCNC(=N)N)NC(=O)[C@H](CC(C)C)NC(=O)[C@H](CCC(N)=O)NC(=O)[C@H](CC(C)C)NC(=O)[C@H](Cc1c[nH]c2ccccc12)NC(=O)[C@H](Cc1c[nH]cn1)NC(=O)[C@@H](N)Cc1c[nH]c2ccccc12)C(=O)N[C@@H](CNc1ccc([N+](=O)[O-])c2nonc12)C(=O)O. The van der Waals surface area contributed by atoms with Crippen LogP contribution in [0.2, 0.25) is 0 Å². The standard InChI is InChI=1S/C83H114N26O19/c1-6-7-17-54(72(114)104-62(82(124)125)40-93-53-23-26-63(109(126)127)70-69(53)105-128-106-70)98-79(121)65-22-14-31-108(65)81(123)57(25-28-67(86)111)96-68(112)41-94-78(120)64-21-13-30-107(64)80(122)56(20-12-29-90-83(87)88)99-75(117)59(33-44(4)5)101-73(115)55(24-27-66(85)110)97-74(116)58(32-43(2)3)102-76(118)60(35-46-38-92-52-19-11-9-16-49(46)52)103-77(119)61(36-47-39-89-42-95-47)100-71(113)50(84)34-45-37-91-51-18-10-8-15-48(45)51/h8-11,15-16,18-19,23,26,37-39,42-44,50,54-62,64-65,91-93H,6-7,12-14,17,20-22,24-25,27-36,40-41,84H2,1-5H3,(H2,85,110)(H2,86,111)(H,89,95)(H,94,120)(H,96,112)(H,97,116)(H,98,121)(H,99,117)(H,100,113)(H,101,115)(H,102,118)(H,103,119)(H,104,114)(H,124,125)(H4,87,88,90)/t50-,54-,55-,56-,57-,58-,59-,60-,61-,62-,64-,65-/m0/s1. The summed E-state index contributed by atoms with van der Waals surface area (Å²) >= 11 is 0. The lowest BCUT2D eigenvalue weighted by atomic mass is 9.99. The van der Waals surface area contributed by atoms with Crippen molar-refractivity contribution < 1.29 is 86.6 Å². The van der Waals surface area contributed by atoms with E-state index in [0.29, 0.717) is 35.0 Å². The third-order valence-corrected chi connectivity index (χ3v) is 22.0. The van der Waals surface area contributed by atoms with E-state index in [2.05, 4.69) is 98.7 Å². The number of fused-ring (bicyclic) bond motifs is 3. The second-order valence-corrected chi connectivity index (χ2v) is 32.7. The Labute approximate surface area is 734 Å². The van der Waals surface area contributed by atoms with E-state index in [-0.39, 0.29) is 132 Å². The number of carbonyl (C=O) groups is 15. The molecule has 14 amide bonds. The maximum Gasteiger partial charge on any atom is 0.328 e. The summed E-state index contributed by atoms with van der Waals surface area (Å²) in [5.74, 6) is -14.5. The molecule has 7 aromatic rings. The van der Waals surface area contributed by atoms with Gasteiger partial charge in [0.15, 0.2) is 11.5 Å². The van der Waals surface area contributed by atoms with Gasteiger partial charge in [0.2, 0.25) is 88.2 Å². The fourth-order valence-electron chi connectivity index (χ4n) is 15.4. The molecule has 6 heterocycles. The van der Waals surface area contributed by atoms with Crippen molar-refractivity contribution in [1.29, 1.82) is 5.41 Å². The Hall–Kier alpha value is -14.2. The number of aromatic amines is 3. The van der Waals surface area contributed by atoms with E-state index in [1.165, 1.54) is 23.5 Å². The van der Waals surface area contributed by atoms with Gasteiger partial charge in [-0.2, -0.15) is 0 Å². The molecule has 0 spiro atoms. The molecule has 0 bridgehead atoms. The van der Waals surface area contributed by atoms with Gasteiger partial charge in [-0.15, -0.1) is 0 Å². The van der Waals surface area contributed by atoms with Crippen LogP contribution in [0.25, 0.3) is 32.8 Å². The predicted octanol–water partition coefficient (Wildman–Crippen LogP) is -1.09. The number of benzene rings is 3. The number of likely N-dealkylation sites (tertiary alicyclic amines) is 2. The van der Waals surface area contributed by atoms with Crippen LogP contribution in [0.4, 0.5) is 11.4 Å². The van der Waals surface area contributed by atoms with Crippen LogP contribution in [0, 0.1) is 27.4 Å². The molecule has 2 aliphatic heterocycles. The van der Waals surface area contributed by atoms with Gasteiger partial charge in [0.05, 0.1) is 35.2 Å². The number of anilines is 1. The molecular weight excluding hydrogens is 1670 g/mol. The molecular formula is C83H114N26O19. The van der Waals surface area contributed by atoms with E-state index < -0.39 is 210 Å². The Morgan fingerprint density at radius 2 is 1.05 bits per heavy atom. The molecule has 45 heteroatoms. The van der Waals surface area contributed by atoms with E-state index in [1.807, 2.05) is 43.3 Å². The molecule has 2 saturated heterocycles. The fourth-order valence-corrected chi connectivity index (χ4v) is 15.4. The van der Waals surface area contributed by atoms with Crippen LogP contribution < -0.4 is 86.7 Å². The van der Waals surface area contributed by atoms with Crippen molar-refractivity contribution in [3.8, 4) is 0 Å². The monoisotopic (exact) mass is 1780 g/mol. The van der Waals surface area contributed by atoms with Crippen molar-refractivity contribution in [2.24, 2.45) is 34.8 Å². The summed E-state index contributed by atoms with van der Waals surface area (Å²) in [6, 6.07) is 0.148. The zero-order valence-electron chi connectivity index (χ0n) is 71.7. The van der Waals surface area contributed by atoms with Crippen LogP contribution in [0.3, 0.4) is 0 Å².